The second-order valence-electron chi connectivity index (χ2n) is 6.00. The highest BCUT2D eigenvalue weighted by Gasteiger charge is 2.24. The lowest BCUT2D eigenvalue weighted by Crippen LogP contribution is -2.48. The summed E-state index contributed by atoms with van der Waals surface area (Å²) in [5.74, 6) is -0.329. The number of hydrogen-bond donors (Lipinski definition) is 2. The fourth-order valence-corrected chi connectivity index (χ4v) is 2.57. The Morgan fingerprint density at radius 3 is 2.26 bits per heavy atom. The molecular formula is C18H29N3O2. The molecule has 1 aromatic carbocycles. The number of carbonyl (C=O) groups is 2. The number of nitrogens with one attached hydrogen (secondary N) is 1. The monoisotopic (exact) mass is 319 g/mol. The van der Waals surface area contributed by atoms with Gasteiger partial charge in [-0.1, -0.05) is 51.1 Å². The number of benzene rings is 1. The molecule has 0 heterocycles. The first kappa shape index (κ1) is 19.2. The summed E-state index contributed by atoms with van der Waals surface area (Å²) in [6, 6.07) is 9.38. The molecule has 0 aliphatic rings. The average Bonchev–Trinajstić information content (AvgIpc) is 2.56. The van der Waals surface area contributed by atoms with Crippen LogP contribution in [0.3, 0.4) is 0 Å². The van der Waals surface area contributed by atoms with Gasteiger partial charge in [0.1, 0.15) is 0 Å². The van der Waals surface area contributed by atoms with Gasteiger partial charge in [-0.3, -0.25) is 9.59 Å². The Hall–Kier alpha value is -1.88. The van der Waals surface area contributed by atoms with E-state index >= 15 is 0 Å². The van der Waals surface area contributed by atoms with Crippen molar-refractivity contribution in [2.24, 2.45) is 11.7 Å². The molecule has 0 radical (unpaired) electrons. The van der Waals surface area contributed by atoms with E-state index < -0.39 is 6.04 Å². The summed E-state index contributed by atoms with van der Waals surface area (Å²) in [6.07, 6.45) is 0.822. The number of rotatable bonds is 8. The van der Waals surface area contributed by atoms with E-state index in [0.29, 0.717) is 6.54 Å². The van der Waals surface area contributed by atoms with Crippen molar-refractivity contribution >= 4 is 11.8 Å². The van der Waals surface area contributed by atoms with Crippen LogP contribution in [0.1, 0.15) is 45.7 Å². The molecule has 5 heteroatoms. The Bertz CT molecular complexity index is 502. The molecule has 5 nitrogen and oxygen atoms in total. The minimum Gasteiger partial charge on any atom is -0.346 e. The second-order valence-corrected chi connectivity index (χ2v) is 6.00. The van der Waals surface area contributed by atoms with Gasteiger partial charge in [0.15, 0.2) is 0 Å². The van der Waals surface area contributed by atoms with Gasteiger partial charge in [0.25, 0.3) is 0 Å². The van der Waals surface area contributed by atoms with E-state index in [9.17, 15) is 9.59 Å². The van der Waals surface area contributed by atoms with Crippen molar-refractivity contribution in [1.29, 1.82) is 0 Å². The van der Waals surface area contributed by atoms with Crippen LogP contribution in [-0.2, 0) is 9.59 Å². The zero-order chi connectivity index (χ0) is 17.4. The van der Waals surface area contributed by atoms with E-state index in [2.05, 4.69) is 12.2 Å². The number of nitrogens with zero attached hydrogens (tertiary/aromatic N) is 1. The zero-order valence-corrected chi connectivity index (χ0v) is 14.6. The molecule has 128 valence electrons. The zero-order valence-electron chi connectivity index (χ0n) is 14.6. The maximum absolute atomic E-state index is 12.5. The van der Waals surface area contributed by atoms with Gasteiger partial charge in [-0.05, 0) is 24.8 Å². The molecular weight excluding hydrogens is 290 g/mol. The van der Waals surface area contributed by atoms with E-state index in [1.165, 1.54) is 0 Å². The third-order valence-electron chi connectivity index (χ3n) is 4.04. The lowest BCUT2D eigenvalue weighted by molar-refractivity contribution is -0.135. The number of amides is 2. The van der Waals surface area contributed by atoms with E-state index in [4.69, 9.17) is 5.73 Å². The molecule has 0 aromatic heterocycles. The molecule has 0 bridgehead atoms. The summed E-state index contributed by atoms with van der Waals surface area (Å²) in [6.45, 7) is 8.35. The number of likely N-dealkylation sites (N-methyl/N-ethyl adjacent to an activating group) is 1. The highest BCUT2D eigenvalue weighted by atomic mass is 16.2. The standard InChI is InChI=1S/C18H29N3O2/c1-5-15(14-10-8-7-9-11-14)21(6-2)16(22)12-20-18(23)17(19)13(3)4/h7-11,13,15,17H,5-6,12,19H2,1-4H3,(H,20,23)/t15?,17-/m0/s1. The normalized spacial score (nSPS) is 13.5. The van der Waals surface area contributed by atoms with Crippen molar-refractivity contribution in [2.75, 3.05) is 13.1 Å². The summed E-state index contributed by atoms with van der Waals surface area (Å²) < 4.78 is 0. The topological polar surface area (TPSA) is 75.4 Å². The molecule has 1 rings (SSSR count). The minimum absolute atomic E-state index is 0.0174. The van der Waals surface area contributed by atoms with Crippen molar-refractivity contribution in [3.8, 4) is 0 Å². The van der Waals surface area contributed by atoms with E-state index in [-0.39, 0.29) is 30.3 Å². The molecule has 2 amide bonds. The second kappa shape index (κ2) is 9.30. The van der Waals surface area contributed by atoms with Crippen molar-refractivity contribution in [3.05, 3.63) is 35.9 Å². The molecule has 23 heavy (non-hydrogen) atoms. The van der Waals surface area contributed by atoms with E-state index in [1.54, 1.807) is 4.90 Å². The Morgan fingerprint density at radius 1 is 1.17 bits per heavy atom. The molecule has 2 atom stereocenters. The van der Waals surface area contributed by atoms with E-state index in [0.717, 1.165) is 12.0 Å². The highest BCUT2D eigenvalue weighted by molar-refractivity contribution is 5.87. The van der Waals surface area contributed by atoms with Gasteiger partial charge in [-0.25, -0.2) is 0 Å². The maximum atomic E-state index is 12.5. The van der Waals surface area contributed by atoms with Crippen LogP contribution in [0.5, 0.6) is 0 Å². The molecule has 0 spiro atoms. The SMILES string of the molecule is CCC(c1ccccc1)N(CC)C(=O)CNC(=O)[C@@H](N)C(C)C. The third-order valence-corrected chi connectivity index (χ3v) is 4.04. The number of hydrogen-bond acceptors (Lipinski definition) is 3. The highest BCUT2D eigenvalue weighted by Crippen LogP contribution is 2.23. The van der Waals surface area contributed by atoms with Crippen LogP contribution in [-0.4, -0.2) is 35.8 Å². The minimum atomic E-state index is -0.589. The summed E-state index contributed by atoms with van der Waals surface area (Å²) in [7, 11) is 0. The van der Waals surface area contributed by atoms with Crippen molar-refractivity contribution in [2.45, 2.75) is 46.2 Å². The molecule has 0 saturated heterocycles. The third kappa shape index (κ3) is 5.36. The van der Waals surface area contributed by atoms with Gasteiger partial charge in [0, 0.05) is 6.54 Å². The summed E-state index contributed by atoms with van der Waals surface area (Å²) in [4.78, 5) is 26.2. The van der Waals surface area contributed by atoms with Crippen LogP contribution in [0.25, 0.3) is 0 Å². The lowest BCUT2D eigenvalue weighted by atomic mass is 10.0. The van der Waals surface area contributed by atoms with Gasteiger partial charge in [-0.2, -0.15) is 0 Å². The summed E-state index contributed by atoms with van der Waals surface area (Å²) in [5, 5.41) is 2.65. The van der Waals surface area contributed by atoms with Gasteiger partial charge in [0.05, 0.1) is 18.6 Å². The van der Waals surface area contributed by atoms with Crippen LogP contribution in [0, 0.1) is 5.92 Å². The Labute approximate surface area is 139 Å². The van der Waals surface area contributed by atoms with Crippen molar-refractivity contribution < 1.29 is 9.59 Å². The maximum Gasteiger partial charge on any atom is 0.242 e. The smallest absolute Gasteiger partial charge is 0.242 e. The van der Waals surface area contributed by atoms with Gasteiger partial charge < -0.3 is 16.0 Å². The molecule has 0 fully saturated rings. The predicted octanol–water partition coefficient (Wildman–Crippen LogP) is 2.09. The molecule has 1 aromatic rings. The quantitative estimate of drug-likeness (QED) is 0.770. The summed E-state index contributed by atoms with van der Waals surface area (Å²) >= 11 is 0. The first-order chi connectivity index (χ1) is 10.9. The number of carbonyl (C=O) groups excluding carboxylic acids is 2. The Kier molecular flexibility index (Phi) is 7.75. The summed E-state index contributed by atoms with van der Waals surface area (Å²) in [5.41, 5.74) is 6.90. The van der Waals surface area contributed by atoms with Gasteiger partial charge in [0.2, 0.25) is 11.8 Å². The fourth-order valence-electron chi connectivity index (χ4n) is 2.57. The van der Waals surface area contributed by atoms with Crippen molar-refractivity contribution in [3.63, 3.8) is 0 Å². The molecule has 0 saturated carbocycles. The number of nitrogens with two attached hydrogens (primary N) is 1. The van der Waals surface area contributed by atoms with Crippen LogP contribution < -0.4 is 11.1 Å². The van der Waals surface area contributed by atoms with Crippen LogP contribution in [0.2, 0.25) is 0 Å². The average molecular weight is 319 g/mol. The van der Waals surface area contributed by atoms with Gasteiger partial charge >= 0.3 is 0 Å². The molecule has 0 aliphatic carbocycles. The first-order valence-corrected chi connectivity index (χ1v) is 8.30. The van der Waals surface area contributed by atoms with Crippen LogP contribution >= 0.6 is 0 Å². The molecule has 0 aliphatic heterocycles. The Morgan fingerprint density at radius 2 is 1.78 bits per heavy atom. The van der Waals surface area contributed by atoms with Crippen LogP contribution in [0.15, 0.2) is 30.3 Å². The fraction of sp³-hybridized carbons (Fsp3) is 0.556. The lowest BCUT2D eigenvalue weighted by Gasteiger charge is -2.31. The van der Waals surface area contributed by atoms with Crippen molar-refractivity contribution in [1.82, 2.24) is 10.2 Å². The molecule has 1 unspecified atom stereocenters. The van der Waals surface area contributed by atoms with E-state index in [1.807, 2.05) is 51.1 Å². The predicted molar refractivity (Wildman–Crippen MR) is 92.7 cm³/mol. The van der Waals surface area contributed by atoms with Gasteiger partial charge in [-0.15, -0.1) is 0 Å². The van der Waals surface area contributed by atoms with Crippen LogP contribution in [0.4, 0.5) is 0 Å². The largest absolute Gasteiger partial charge is 0.346 e. The Balaban J connectivity index is 2.72. The first-order valence-electron chi connectivity index (χ1n) is 8.30. The molecule has 3 N–H and O–H groups in total.